The number of aryl methyl sites for hydroxylation is 1. The van der Waals surface area contributed by atoms with Crippen molar-refractivity contribution in [3.63, 3.8) is 0 Å². The Labute approximate surface area is 188 Å². The average Bonchev–Trinajstić information content (AvgIpc) is 2.80. The SMILES string of the molecule is Cc1cc(OCC(=O)O)cc(N2CCOC(CN[C@H](C)c3cccc4ccccc34)C2)c1. The summed E-state index contributed by atoms with van der Waals surface area (Å²) >= 11 is 0. The molecule has 4 rings (SSSR count). The number of hydrogen-bond donors (Lipinski definition) is 2. The molecule has 0 aliphatic carbocycles. The molecule has 0 radical (unpaired) electrons. The van der Waals surface area contributed by atoms with Gasteiger partial charge in [0.25, 0.3) is 0 Å². The summed E-state index contributed by atoms with van der Waals surface area (Å²) in [4.78, 5) is 13.1. The Morgan fingerprint density at radius 1 is 1.22 bits per heavy atom. The van der Waals surface area contributed by atoms with Gasteiger partial charge in [0.2, 0.25) is 0 Å². The fourth-order valence-electron chi connectivity index (χ4n) is 4.26. The van der Waals surface area contributed by atoms with Gasteiger partial charge in [-0.1, -0.05) is 42.5 Å². The van der Waals surface area contributed by atoms with Crippen LogP contribution in [0.1, 0.15) is 24.1 Å². The highest BCUT2D eigenvalue weighted by molar-refractivity contribution is 5.86. The van der Waals surface area contributed by atoms with Crippen LogP contribution in [0.4, 0.5) is 5.69 Å². The fourth-order valence-corrected chi connectivity index (χ4v) is 4.26. The molecule has 168 valence electrons. The van der Waals surface area contributed by atoms with Gasteiger partial charge in [-0.05, 0) is 47.9 Å². The Morgan fingerprint density at radius 3 is 2.88 bits per heavy atom. The van der Waals surface area contributed by atoms with Crippen LogP contribution in [0.15, 0.2) is 60.7 Å². The van der Waals surface area contributed by atoms with Crippen molar-refractivity contribution in [3.05, 3.63) is 71.8 Å². The van der Waals surface area contributed by atoms with E-state index in [1.165, 1.54) is 16.3 Å². The van der Waals surface area contributed by atoms with Crippen molar-refractivity contribution in [3.8, 4) is 5.75 Å². The Morgan fingerprint density at radius 2 is 2.03 bits per heavy atom. The maximum Gasteiger partial charge on any atom is 0.341 e. The van der Waals surface area contributed by atoms with Crippen LogP contribution in [0, 0.1) is 6.92 Å². The summed E-state index contributed by atoms with van der Waals surface area (Å²) in [5.41, 5.74) is 3.35. The second-order valence-electron chi connectivity index (χ2n) is 8.32. The third-order valence-electron chi connectivity index (χ3n) is 5.84. The van der Waals surface area contributed by atoms with E-state index in [9.17, 15) is 4.79 Å². The summed E-state index contributed by atoms with van der Waals surface area (Å²) in [5.74, 6) is -0.404. The van der Waals surface area contributed by atoms with E-state index in [0.29, 0.717) is 12.4 Å². The standard InChI is InChI=1S/C26H30N2O4/c1-18-12-21(14-22(13-18)32-17-26(29)30)28-10-11-31-23(16-28)15-27-19(2)24-9-5-7-20-6-3-4-8-25(20)24/h3-9,12-14,19,23,27H,10-11,15-17H2,1-2H3,(H,29,30)/t19-,23?/m1/s1. The minimum atomic E-state index is -0.981. The van der Waals surface area contributed by atoms with Gasteiger partial charge in [0.1, 0.15) is 5.75 Å². The first-order valence-electron chi connectivity index (χ1n) is 11.0. The van der Waals surface area contributed by atoms with Gasteiger partial charge < -0.3 is 24.8 Å². The minimum absolute atomic E-state index is 0.0603. The number of nitrogens with one attached hydrogen (secondary N) is 1. The van der Waals surface area contributed by atoms with Gasteiger partial charge in [0, 0.05) is 37.4 Å². The molecule has 3 aromatic carbocycles. The van der Waals surface area contributed by atoms with Crippen molar-refractivity contribution in [2.75, 3.05) is 37.7 Å². The quantitative estimate of drug-likeness (QED) is 0.555. The van der Waals surface area contributed by atoms with Crippen LogP contribution >= 0.6 is 0 Å². The van der Waals surface area contributed by atoms with Crippen LogP contribution in [0.2, 0.25) is 0 Å². The summed E-state index contributed by atoms with van der Waals surface area (Å²) in [6.45, 7) is 6.78. The number of aliphatic carboxylic acids is 1. The van der Waals surface area contributed by atoms with E-state index < -0.39 is 5.97 Å². The van der Waals surface area contributed by atoms with Gasteiger partial charge in [-0.25, -0.2) is 4.79 Å². The number of carboxylic acid groups (broad SMARTS) is 1. The maximum absolute atomic E-state index is 10.8. The lowest BCUT2D eigenvalue weighted by molar-refractivity contribution is -0.139. The van der Waals surface area contributed by atoms with E-state index in [1.807, 2.05) is 19.1 Å². The third-order valence-corrected chi connectivity index (χ3v) is 5.84. The number of morpholine rings is 1. The molecule has 2 N–H and O–H groups in total. The molecule has 1 saturated heterocycles. The largest absolute Gasteiger partial charge is 0.482 e. The normalized spacial score (nSPS) is 17.3. The Bertz CT molecular complexity index is 1080. The van der Waals surface area contributed by atoms with Crippen molar-refractivity contribution >= 4 is 22.4 Å². The third kappa shape index (κ3) is 5.39. The summed E-state index contributed by atoms with van der Waals surface area (Å²) < 4.78 is 11.4. The molecule has 3 aromatic rings. The lowest BCUT2D eigenvalue weighted by Gasteiger charge is -2.35. The average molecular weight is 435 g/mol. The van der Waals surface area contributed by atoms with Crippen molar-refractivity contribution in [2.24, 2.45) is 0 Å². The minimum Gasteiger partial charge on any atom is -0.482 e. The van der Waals surface area contributed by atoms with Crippen LogP contribution in [0.3, 0.4) is 0 Å². The number of carbonyl (C=O) groups is 1. The molecule has 1 unspecified atom stereocenters. The second-order valence-corrected chi connectivity index (χ2v) is 8.32. The van der Waals surface area contributed by atoms with Crippen LogP contribution in [-0.4, -0.2) is 50.0 Å². The summed E-state index contributed by atoms with van der Waals surface area (Å²) in [6.07, 6.45) is 0.0603. The number of rotatable bonds is 8. The Hall–Kier alpha value is -3.09. The zero-order valence-corrected chi connectivity index (χ0v) is 18.6. The van der Waals surface area contributed by atoms with E-state index in [1.54, 1.807) is 0 Å². The number of anilines is 1. The Kier molecular flexibility index (Phi) is 6.93. The van der Waals surface area contributed by atoms with Gasteiger partial charge in [0.05, 0.1) is 12.7 Å². The predicted molar refractivity (Wildman–Crippen MR) is 127 cm³/mol. The molecule has 1 fully saturated rings. The molecule has 32 heavy (non-hydrogen) atoms. The van der Waals surface area contributed by atoms with E-state index in [4.69, 9.17) is 14.6 Å². The number of hydrogen-bond acceptors (Lipinski definition) is 5. The number of fused-ring (bicyclic) bond motifs is 1. The fraction of sp³-hybridized carbons (Fsp3) is 0.346. The predicted octanol–water partition coefficient (Wildman–Crippen LogP) is 4.17. The molecule has 1 heterocycles. The molecule has 0 bridgehead atoms. The lowest BCUT2D eigenvalue weighted by Crippen LogP contribution is -2.47. The van der Waals surface area contributed by atoms with E-state index >= 15 is 0 Å². The van der Waals surface area contributed by atoms with Gasteiger partial charge in [-0.15, -0.1) is 0 Å². The highest BCUT2D eigenvalue weighted by Gasteiger charge is 2.22. The zero-order chi connectivity index (χ0) is 22.5. The van der Waals surface area contributed by atoms with E-state index in [0.717, 1.165) is 30.9 Å². The molecule has 1 aliphatic rings. The topological polar surface area (TPSA) is 71.0 Å². The van der Waals surface area contributed by atoms with Gasteiger partial charge in [0.15, 0.2) is 6.61 Å². The zero-order valence-electron chi connectivity index (χ0n) is 18.6. The summed E-state index contributed by atoms with van der Waals surface area (Å²) in [5, 5.41) is 15.1. The highest BCUT2D eigenvalue weighted by Crippen LogP contribution is 2.27. The van der Waals surface area contributed by atoms with Crippen molar-refractivity contribution in [1.82, 2.24) is 5.32 Å². The summed E-state index contributed by atoms with van der Waals surface area (Å²) in [6, 6.07) is 21.0. The van der Waals surface area contributed by atoms with Crippen LogP contribution in [0.25, 0.3) is 10.8 Å². The smallest absolute Gasteiger partial charge is 0.341 e. The number of carboxylic acids is 1. The van der Waals surface area contributed by atoms with Crippen LogP contribution in [0.5, 0.6) is 5.75 Å². The van der Waals surface area contributed by atoms with Crippen molar-refractivity contribution in [1.29, 1.82) is 0 Å². The maximum atomic E-state index is 10.8. The molecule has 1 aliphatic heterocycles. The van der Waals surface area contributed by atoms with Gasteiger partial charge in [-0.3, -0.25) is 0 Å². The first kappa shape index (κ1) is 22.1. The van der Waals surface area contributed by atoms with Crippen molar-refractivity contribution in [2.45, 2.75) is 26.0 Å². The lowest BCUT2D eigenvalue weighted by atomic mass is 9.99. The molecule has 2 atom stereocenters. The molecule has 6 heteroatoms. The van der Waals surface area contributed by atoms with Gasteiger partial charge in [-0.2, -0.15) is 0 Å². The second kappa shape index (κ2) is 10.0. The number of nitrogens with zero attached hydrogens (tertiary/aromatic N) is 1. The first-order chi connectivity index (χ1) is 15.5. The number of ether oxygens (including phenoxy) is 2. The van der Waals surface area contributed by atoms with Gasteiger partial charge >= 0.3 is 5.97 Å². The summed E-state index contributed by atoms with van der Waals surface area (Å²) in [7, 11) is 0. The van der Waals surface area contributed by atoms with E-state index in [-0.39, 0.29) is 18.8 Å². The van der Waals surface area contributed by atoms with Crippen LogP contribution < -0.4 is 15.0 Å². The van der Waals surface area contributed by atoms with Crippen molar-refractivity contribution < 1.29 is 19.4 Å². The molecule has 0 saturated carbocycles. The Balaban J connectivity index is 1.39. The monoisotopic (exact) mass is 434 g/mol. The molecular weight excluding hydrogens is 404 g/mol. The van der Waals surface area contributed by atoms with Crippen LogP contribution in [-0.2, 0) is 9.53 Å². The molecule has 6 nitrogen and oxygen atoms in total. The molecule has 0 amide bonds. The number of benzene rings is 3. The highest BCUT2D eigenvalue weighted by atomic mass is 16.5. The molecule has 0 aromatic heterocycles. The van der Waals surface area contributed by atoms with E-state index in [2.05, 4.69) is 65.7 Å². The molecular formula is C26H30N2O4. The molecule has 0 spiro atoms. The first-order valence-corrected chi connectivity index (χ1v) is 11.0.